The molecule has 1 aromatic carbocycles. The maximum Gasteiger partial charge on any atom is 0.321 e. The van der Waals surface area contributed by atoms with E-state index in [1.54, 1.807) is 11.1 Å². The third-order valence-electron chi connectivity index (χ3n) is 4.31. The van der Waals surface area contributed by atoms with Gasteiger partial charge in [-0.15, -0.1) is 0 Å². The van der Waals surface area contributed by atoms with Crippen molar-refractivity contribution in [1.29, 1.82) is 0 Å². The average molecular weight is 310 g/mol. The zero-order valence-corrected chi connectivity index (χ0v) is 12.6. The molecule has 1 saturated heterocycles. The highest BCUT2D eigenvalue weighted by Gasteiger charge is 2.28. The SMILES string of the molecule is O=C(Nc1cccc(N2CCNC2=O)c1)c1c[nH]cc1C1CC1. The first-order chi connectivity index (χ1) is 11.2. The molecule has 0 radical (unpaired) electrons. The standard InChI is InChI=1S/C17H18N4O2/c22-16(15-10-18-9-14(15)11-4-5-11)20-12-2-1-3-13(8-12)21-7-6-19-17(21)23/h1-3,8-11,18H,4-7H2,(H,19,23)(H,20,22). The smallest absolute Gasteiger partial charge is 0.321 e. The summed E-state index contributed by atoms with van der Waals surface area (Å²) >= 11 is 0. The van der Waals surface area contributed by atoms with E-state index in [1.165, 1.54) is 0 Å². The van der Waals surface area contributed by atoms with Crippen molar-refractivity contribution in [3.63, 3.8) is 0 Å². The number of amides is 3. The first kappa shape index (κ1) is 13.9. The van der Waals surface area contributed by atoms with Crippen molar-refractivity contribution in [2.24, 2.45) is 0 Å². The van der Waals surface area contributed by atoms with E-state index in [0.717, 1.165) is 24.1 Å². The predicted octanol–water partition coefficient (Wildman–Crippen LogP) is 2.67. The van der Waals surface area contributed by atoms with Crippen LogP contribution in [0.3, 0.4) is 0 Å². The van der Waals surface area contributed by atoms with Crippen molar-refractivity contribution < 1.29 is 9.59 Å². The average Bonchev–Trinajstić information content (AvgIpc) is 3.11. The third kappa shape index (κ3) is 2.67. The molecule has 0 unspecified atom stereocenters. The summed E-state index contributed by atoms with van der Waals surface area (Å²) in [5, 5.41) is 5.70. The fraction of sp³-hybridized carbons (Fsp3) is 0.294. The molecule has 0 atom stereocenters. The monoisotopic (exact) mass is 310 g/mol. The summed E-state index contributed by atoms with van der Waals surface area (Å²) in [5.41, 5.74) is 3.28. The molecule has 3 N–H and O–H groups in total. The lowest BCUT2D eigenvalue weighted by Crippen LogP contribution is -2.27. The topological polar surface area (TPSA) is 77.2 Å². The summed E-state index contributed by atoms with van der Waals surface area (Å²) in [6.07, 6.45) is 5.97. The van der Waals surface area contributed by atoms with E-state index in [-0.39, 0.29) is 11.9 Å². The molecule has 2 aromatic rings. The molecule has 2 aliphatic rings. The third-order valence-corrected chi connectivity index (χ3v) is 4.31. The fourth-order valence-electron chi connectivity index (χ4n) is 2.97. The summed E-state index contributed by atoms with van der Waals surface area (Å²) in [5.74, 6) is 0.401. The molecule has 6 heteroatoms. The van der Waals surface area contributed by atoms with Crippen LogP contribution in [0.4, 0.5) is 16.2 Å². The lowest BCUT2D eigenvalue weighted by atomic mass is 10.1. The minimum Gasteiger partial charge on any atom is -0.367 e. The first-order valence-corrected chi connectivity index (χ1v) is 7.86. The van der Waals surface area contributed by atoms with Crippen LogP contribution >= 0.6 is 0 Å². The van der Waals surface area contributed by atoms with Crippen LogP contribution < -0.4 is 15.5 Å². The predicted molar refractivity (Wildman–Crippen MR) is 87.9 cm³/mol. The van der Waals surface area contributed by atoms with Gasteiger partial charge in [0, 0.05) is 36.9 Å². The van der Waals surface area contributed by atoms with Crippen molar-refractivity contribution in [3.8, 4) is 0 Å². The minimum absolute atomic E-state index is 0.102. The van der Waals surface area contributed by atoms with Crippen LogP contribution in [0.2, 0.25) is 0 Å². The highest BCUT2D eigenvalue weighted by atomic mass is 16.2. The number of nitrogens with one attached hydrogen (secondary N) is 3. The van der Waals surface area contributed by atoms with Crippen molar-refractivity contribution >= 4 is 23.3 Å². The lowest BCUT2D eigenvalue weighted by molar-refractivity contribution is 0.102. The summed E-state index contributed by atoms with van der Waals surface area (Å²) in [6, 6.07) is 7.27. The van der Waals surface area contributed by atoms with Crippen LogP contribution in [0.5, 0.6) is 0 Å². The number of rotatable bonds is 4. The Bertz CT molecular complexity index is 763. The van der Waals surface area contributed by atoms with Crippen molar-refractivity contribution in [3.05, 3.63) is 47.8 Å². The van der Waals surface area contributed by atoms with E-state index < -0.39 is 0 Å². The van der Waals surface area contributed by atoms with Gasteiger partial charge in [0.2, 0.25) is 0 Å². The molecule has 2 fully saturated rings. The number of aromatic amines is 1. The van der Waals surface area contributed by atoms with Gasteiger partial charge in [-0.2, -0.15) is 0 Å². The highest BCUT2D eigenvalue weighted by Crippen LogP contribution is 2.41. The number of hydrogen-bond acceptors (Lipinski definition) is 2. The van der Waals surface area contributed by atoms with Crippen molar-refractivity contribution in [2.75, 3.05) is 23.3 Å². The summed E-state index contributed by atoms with van der Waals surface area (Å²) in [7, 11) is 0. The molecule has 0 spiro atoms. The van der Waals surface area contributed by atoms with E-state index in [2.05, 4.69) is 15.6 Å². The molecular weight excluding hydrogens is 292 g/mol. The molecule has 118 valence electrons. The Hall–Kier alpha value is -2.76. The van der Waals surface area contributed by atoms with Crippen LogP contribution in [0.15, 0.2) is 36.7 Å². The Morgan fingerprint density at radius 3 is 2.87 bits per heavy atom. The number of anilines is 2. The maximum absolute atomic E-state index is 12.5. The highest BCUT2D eigenvalue weighted by molar-refractivity contribution is 6.06. The number of nitrogens with zero attached hydrogens (tertiary/aromatic N) is 1. The lowest BCUT2D eigenvalue weighted by Gasteiger charge is -2.15. The van der Waals surface area contributed by atoms with E-state index in [1.807, 2.05) is 30.5 Å². The zero-order valence-electron chi connectivity index (χ0n) is 12.6. The first-order valence-electron chi connectivity index (χ1n) is 7.86. The van der Waals surface area contributed by atoms with E-state index in [9.17, 15) is 9.59 Å². The number of hydrogen-bond donors (Lipinski definition) is 3. The number of H-pyrrole nitrogens is 1. The van der Waals surface area contributed by atoms with Gasteiger partial charge in [0.1, 0.15) is 0 Å². The minimum atomic E-state index is -0.115. The van der Waals surface area contributed by atoms with Crippen molar-refractivity contribution in [2.45, 2.75) is 18.8 Å². The normalized spacial score (nSPS) is 17.2. The molecule has 3 amide bonds. The molecule has 1 aliphatic carbocycles. The number of carbonyl (C=O) groups excluding carboxylic acids is 2. The molecule has 2 heterocycles. The molecular formula is C17H18N4O2. The van der Waals surface area contributed by atoms with Gasteiger partial charge in [0.15, 0.2) is 0 Å². The van der Waals surface area contributed by atoms with Crippen LogP contribution in [0.1, 0.15) is 34.7 Å². The van der Waals surface area contributed by atoms with Gasteiger partial charge >= 0.3 is 6.03 Å². The fourth-order valence-corrected chi connectivity index (χ4v) is 2.97. The van der Waals surface area contributed by atoms with E-state index in [0.29, 0.717) is 30.3 Å². The van der Waals surface area contributed by atoms with Gasteiger partial charge in [-0.05, 0) is 42.5 Å². The summed E-state index contributed by atoms with van der Waals surface area (Å²) < 4.78 is 0. The molecule has 6 nitrogen and oxygen atoms in total. The summed E-state index contributed by atoms with van der Waals surface area (Å²) in [4.78, 5) is 28.9. The number of urea groups is 1. The van der Waals surface area contributed by atoms with Gasteiger partial charge in [-0.1, -0.05) is 6.07 Å². The second-order valence-corrected chi connectivity index (χ2v) is 5.99. The summed E-state index contributed by atoms with van der Waals surface area (Å²) in [6.45, 7) is 1.28. The second kappa shape index (κ2) is 5.46. The Balaban J connectivity index is 1.53. The van der Waals surface area contributed by atoms with Crippen molar-refractivity contribution in [1.82, 2.24) is 10.3 Å². The Labute approximate surface area is 133 Å². The van der Waals surface area contributed by atoms with Gasteiger partial charge in [0.25, 0.3) is 5.91 Å². The van der Waals surface area contributed by atoms with E-state index in [4.69, 9.17) is 0 Å². The molecule has 0 bridgehead atoms. The largest absolute Gasteiger partial charge is 0.367 e. The van der Waals surface area contributed by atoms with Crippen LogP contribution in [-0.2, 0) is 0 Å². The van der Waals surface area contributed by atoms with Crippen LogP contribution in [0.25, 0.3) is 0 Å². The molecule has 1 aliphatic heterocycles. The van der Waals surface area contributed by atoms with Crippen LogP contribution in [-0.4, -0.2) is 30.0 Å². The Morgan fingerprint density at radius 1 is 1.26 bits per heavy atom. The van der Waals surface area contributed by atoms with Gasteiger partial charge in [-0.3, -0.25) is 9.69 Å². The number of benzene rings is 1. The van der Waals surface area contributed by atoms with Gasteiger partial charge < -0.3 is 15.6 Å². The zero-order chi connectivity index (χ0) is 15.8. The molecule has 4 rings (SSSR count). The van der Waals surface area contributed by atoms with Crippen LogP contribution in [0, 0.1) is 0 Å². The Morgan fingerprint density at radius 2 is 2.13 bits per heavy atom. The second-order valence-electron chi connectivity index (χ2n) is 5.99. The molecule has 1 saturated carbocycles. The Kier molecular flexibility index (Phi) is 3.29. The van der Waals surface area contributed by atoms with Gasteiger partial charge in [0.05, 0.1) is 5.56 Å². The van der Waals surface area contributed by atoms with Gasteiger partial charge in [-0.25, -0.2) is 4.79 Å². The quantitative estimate of drug-likeness (QED) is 0.812. The molecule has 1 aromatic heterocycles. The number of aromatic nitrogens is 1. The number of carbonyl (C=O) groups is 2. The molecule has 23 heavy (non-hydrogen) atoms. The van der Waals surface area contributed by atoms with E-state index >= 15 is 0 Å². The maximum atomic E-state index is 12.5.